The van der Waals surface area contributed by atoms with E-state index >= 15 is 0 Å². The molecule has 5 nitrogen and oxygen atoms in total. The lowest BCUT2D eigenvalue weighted by atomic mass is 9.97. The van der Waals surface area contributed by atoms with E-state index in [4.69, 9.17) is 4.42 Å². The van der Waals surface area contributed by atoms with Crippen LogP contribution in [-0.4, -0.2) is 32.8 Å². The third kappa shape index (κ3) is 3.41. The van der Waals surface area contributed by atoms with Crippen molar-refractivity contribution in [2.45, 2.75) is 31.8 Å². The summed E-state index contributed by atoms with van der Waals surface area (Å²) in [6, 6.07) is 14.5. The van der Waals surface area contributed by atoms with Crippen molar-refractivity contribution in [2.75, 3.05) is 13.1 Å². The molecule has 3 heterocycles. The lowest BCUT2D eigenvalue weighted by Gasteiger charge is -2.31. The highest BCUT2D eigenvalue weighted by Crippen LogP contribution is 2.26. The molecule has 0 radical (unpaired) electrons. The zero-order valence-electron chi connectivity index (χ0n) is 13.7. The molecule has 0 bridgehead atoms. The van der Waals surface area contributed by atoms with Gasteiger partial charge in [0.05, 0.1) is 19.4 Å². The van der Waals surface area contributed by atoms with E-state index in [0.29, 0.717) is 5.92 Å². The van der Waals surface area contributed by atoms with Crippen molar-refractivity contribution in [3.8, 4) is 0 Å². The van der Waals surface area contributed by atoms with Crippen LogP contribution in [0.2, 0.25) is 0 Å². The molecule has 1 atom stereocenters. The van der Waals surface area contributed by atoms with Crippen LogP contribution in [0.4, 0.5) is 0 Å². The zero-order chi connectivity index (χ0) is 16.2. The maximum Gasteiger partial charge on any atom is 0.137 e. The second-order valence-electron chi connectivity index (χ2n) is 6.46. The first-order valence-corrected chi connectivity index (χ1v) is 8.55. The predicted octanol–water partition coefficient (Wildman–Crippen LogP) is 3.30. The van der Waals surface area contributed by atoms with Gasteiger partial charge < -0.3 is 8.98 Å². The number of benzene rings is 1. The summed E-state index contributed by atoms with van der Waals surface area (Å²) < 4.78 is 7.68. The molecule has 1 unspecified atom stereocenters. The van der Waals surface area contributed by atoms with Gasteiger partial charge in [-0.2, -0.15) is 0 Å². The monoisotopic (exact) mass is 322 g/mol. The first kappa shape index (κ1) is 15.1. The molecule has 1 aliphatic rings. The minimum absolute atomic E-state index is 0.430. The number of piperidine rings is 1. The van der Waals surface area contributed by atoms with Gasteiger partial charge >= 0.3 is 0 Å². The summed E-state index contributed by atoms with van der Waals surface area (Å²) in [5, 5.41) is 8.60. The Bertz CT molecular complexity index is 751. The van der Waals surface area contributed by atoms with Gasteiger partial charge in [0.2, 0.25) is 0 Å². The second-order valence-corrected chi connectivity index (χ2v) is 6.46. The van der Waals surface area contributed by atoms with Gasteiger partial charge in [-0.15, -0.1) is 10.2 Å². The third-order valence-electron chi connectivity index (χ3n) is 4.67. The Morgan fingerprint density at radius 2 is 2.00 bits per heavy atom. The van der Waals surface area contributed by atoms with Crippen molar-refractivity contribution in [3.63, 3.8) is 0 Å². The van der Waals surface area contributed by atoms with Gasteiger partial charge in [-0.1, -0.05) is 30.3 Å². The molecule has 5 heteroatoms. The normalized spacial score (nSPS) is 18.8. The zero-order valence-corrected chi connectivity index (χ0v) is 13.7. The lowest BCUT2D eigenvalue weighted by molar-refractivity contribution is 0.182. The van der Waals surface area contributed by atoms with Gasteiger partial charge in [-0.3, -0.25) is 4.90 Å². The number of hydrogen-bond donors (Lipinski definition) is 0. The first-order chi connectivity index (χ1) is 11.9. The highest BCUT2D eigenvalue weighted by atomic mass is 16.3. The summed E-state index contributed by atoms with van der Waals surface area (Å²) in [7, 11) is 0. The van der Waals surface area contributed by atoms with Crippen molar-refractivity contribution < 1.29 is 4.42 Å². The van der Waals surface area contributed by atoms with Crippen LogP contribution in [0.1, 0.15) is 35.9 Å². The van der Waals surface area contributed by atoms with E-state index in [9.17, 15) is 0 Å². The molecular weight excluding hydrogens is 300 g/mol. The van der Waals surface area contributed by atoms with Gasteiger partial charge in [0.1, 0.15) is 17.9 Å². The Hall–Kier alpha value is -2.40. The second kappa shape index (κ2) is 7.01. The van der Waals surface area contributed by atoms with Crippen LogP contribution in [0.25, 0.3) is 0 Å². The van der Waals surface area contributed by atoms with Crippen molar-refractivity contribution in [3.05, 3.63) is 72.2 Å². The highest BCUT2D eigenvalue weighted by Gasteiger charge is 2.25. The summed E-state index contributed by atoms with van der Waals surface area (Å²) in [4.78, 5) is 2.45. The lowest BCUT2D eigenvalue weighted by Crippen LogP contribution is -2.34. The van der Waals surface area contributed by atoms with Crippen molar-refractivity contribution in [2.24, 2.45) is 0 Å². The minimum Gasteiger partial charge on any atom is -0.468 e. The topological polar surface area (TPSA) is 47.1 Å². The Labute approximate surface area is 141 Å². The number of nitrogens with zero attached hydrogens (tertiary/aromatic N) is 4. The summed E-state index contributed by atoms with van der Waals surface area (Å²) in [5.74, 6) is 2.56. The van der Waals surface area contributed by atoms with Gasteiger partial charge in [0.25, 0.3) is 0 Å². The van der Waals surface area contributed by atoms with Gasteiger partial charge in [0, 0.05) is 12.5 Å². The highest BCUT2D eigenvalue weighted by molar-refractivity contribution is 5.16. The molecule has 24 heavy (non-hydrogen) atoms. The van der Waals surface area contributed by atoms with E-state index in [-0.39, 0.29) is 0 Å². The molecule has 1 fully saturated rings. The Morgan fingerprint density at radius 1 is 1.08 bits per heavy atom. The van der Waals surface area contributed by atoms with Crippen LogP contribution in [0.3, 0.4) is 0 Å². The van der Waals surface area contributed by atoms with Crippen molar-refractivity contribution >= 4 is 0 Å². The maximum absolute atomic E-state index is 5.49. The number of furan rings is 1. The quantitative estimate of drug-likeness (QED) is 0.723. The summed E-state index contributed by atoms with van der Waals surface area (Å²) in [6.45, 7) is 3.83. The molecule has 3 aromatic rings. The molecule has 124 valence electrons. The third-order valence-corrected chi connectivity index (χ3v) is 4.67. The molecule has 1 aliphatic heterocycles. The Kier molecular flexibility index (Phi) is 4.42. The van der Waals surface area contributed by atoms with Crippen LogP contribution in [-0.2, 0) is 13.1 Å². The molecule has 0 saturated carbocycles. The molecule has 0 amide bonds. The van der Waals surface area contributed by atoms with E-state index in [1.165, 1.54) is 18.4 Å². The maximum atomic E-state index is 5.49. The first-order valence-electron chi connectivity index (χ1n) is 8.55. The van der Waals surface area contributed by atoms with Crippen LogP contribution < -0.4 is 0 Å². The number of hydrogen-bond acceptors (Lipinski definition) is 4. The number of rotatable bonds is 5. The number of aromatic nitrogens is 3. The van der Waals surface area contributed by atoms with Gasteiger partial charge in [-0.25, -0.2) is 0 Å². The molecule has 1 saturated heterocycles. The van der Waals surface area contributed by atoms with E-state index in [1.807, 2.05) is 24.5 Å². The molecule has 0 N–H and O–H groups in total. The van der Waals surface area contributed by atoms with Gasteiger partial charge in [0.15, 0.2) is 0 Å². The summed E-state index contributed by atoms with van der Waals surface area (Å²) in [6.07, 6.45) is 5.95. The van der Waals surface area contributed by atoms with Crippen molar-refractivity contribution in [1.82, 2.24) is 19.7 Å². The fourth-order valence-electron chi connectivity index (χ4n) is 3.51. The van der Waals surface area contributed by atoms with Crippen LogP contribution >= 0.6 is 0 Å². The standard InChI is InChI=1S/C19H22N4O/c1-2-6-16(7-3-1)12-23-15-20-21-19(23)17-8-4-10-22(13-17)14-18-9-5-11-24-18/h1-3,5-7,9,11,15,17H,4,8,10,12-14H2. The summed E-state index contributed by atoms with van der Waals surface area (Å²) >= 11 is 0. The van der Waals surface area contributed by atoms with E-state index in [0.717, 1.165) is 37.8 Å². The largest absolute Gasteiger partial charge is 0.468 e. The molecule has 2 aromatic heterocycles. The fraction of sp³-hybridized carbons (Fsp3) is 0.368. The van der Waals surface area contributed by atoms with E-state index < -0.39 is 0 Å². The molecule has 4 rings (SSSR count). The molecule has 1 aromatic carbocycles. The number of likely N-dealkylation sites (tertiary alicyclic amines) is 1. The van der Waals surface area contributed by atoms with Crippen LogP contribution in [0, 0.1) is 0 Å². The smallest absolute Gasteiger partial charge is 0.137 e. The predicted molar refractivity (Wildman–Crippen MR) is 91.5 cm³/mol. The SMILES string of the molecule is c1ccc(Cn2cnnc2C2CCCN(Cc3ccco3)C2)cc1. The van der Waals surface area contributed by atoms with Crippen molar-refractivity contribution in [1.29, 1.82) is 0 Å². The average Bonchev–Trinajstić information content (AvgIpc) is 3.28. The Balaban J connectivity index is 1.46. The van der Waals surface area contributed by atoms with E-state index in [2.05, 4.69) is 43.9 Å². The molecule has 0 spiro atoms. The Morgan fingerprint density at radius 3 is 2.83 bits per heavy atom. The van der Waals surface area contributed by atoms with Gasteiger partial charge in [-0.05, 0) is 37.1 Å². The summed E-state index contributed by atoms with van der Waals surface area (Å²) in [5.41, 5.74) is 1.28. The average molecular weight is 322 g/mol. The van der Waals surface area contributed by atoms with Crippen LogP contribution in [0.5, 0.6) is 0 Å². The minimum atomic E-state index is 0.430. The molecule has 0 aliphatic carbocycles. The molecular formula is C19H22N4O. The van der Waals surface area contributed by atoms with E-state index in [1.54, 1.807) is 6.26 Å². The van der Waals surface area contributed by atoms with Crippen LogP contribution in [0.15, 0.2) is 59.5 Å². The fourth-order valence-corrected chi connectivity index (χ4v) is 3.51.